The Morgan fingerprint density at radius 1 is 1.35 bits per heavy atom. The summed E-state index contributed by atoms with van der Waals surface area (Å²) in [5.41, 5.74) is 1.25. The van der Waals surface area contributed by atoms with Gasteiger partial charge >= 0.3 is 0 Å². The Balaban J connectivity index is 2.85. The highest BCUT2D eigenvalue weighted by Gasteiger charge is 2.41. The molecule has 0 radical (unpaired) electrons. The van der Waals surface area contributed by atoms with Crippen molar-refractivity contribution in [3.63, 3.8) is 0 Å². The molecule has 0 aliphatic carbocycles. The fourth-order valence-corrected chi connectivity index (χ4v) is 5.74. The standard InChI is InChI=1S/C13H24O2S2/c1-10(2)9-13(16-7-4-8-17-13)12(15)11(3)5-6-14/h9,11-12,14-15H,4-8H2,1-3H3. The van der Waals surface area contributed by atoms with Gasteiger partial charge in [0.05, 0.1) is 6.10 Å². The van der Waals surface area contributed by atoms with Crippen LogP contribution in [0.4, 0.5) is 0 Å². The summed E-state index contributed by atoms with van der Waals surface area (Å²) in [6, 6.07) is 0. The van der Waals surface area contributed by atoms with E-state index in [9.17, 15) is 5.11 Å². The molecule has 1 fully saturated rings. The Kier molecular flexibility index (Phi) is 6.41. The second-order valence-electron chi connectivity index (χ2n) is 4.93. The molecule has 17 heavy (non-hydrogen) atoms. The van der Waals surface area contributed by atoms with Gasteiger partial charge in [-0.05, 0) is 44.1 Å². The van der Waals surface area contributed by atoms with Gasteiger partial charge in [0.2, 0.25) is 0 Å². The van der Waals surface area contributed by atoms with E-state index in [4.69, 9.17) is 5.11 Å². The molecule has 2 unspecified atom stereocenters. The summed E-state index contributed by atoms with van der Waals surface area (Å²) in [4.78, 5) is 0. The van der Waals surface area contributed by atoms with Crippen LogP contribution in [0, 0.1) is 5.92 Å². The molecule has 2 nitrogen and oxygen atoms in total. The maximum atomic E-state index is 10.6. The van der Waals surface area contributed by atoms with E-state index in [-0.39, 0.29) is 22.7 Å². The van der Waals surface area contributed by atoms with E-state index in [1.165, 1.54) is 12.0 Å². The molecular formula is C13H24O2S2. The molecule has 0 aromatic rings. The zero-order chi connectivity index (χ0) is 12.9. The number of aliphatic hydroxyl groups is 2. The van der Waals surface area contributed by atoms with Gasteiger partial charge in [0.25, 0.3) is 0 Å². The van der Waals surface area contributed by atoms with Crippen molar-refractivity contribution in [1.82, 2.24) is 0 Å². The van der Waals surface area contributed by atoms with Crippen molar-refractivity contribution in [2.45, 2.75) is 43.8 Å². The quantitative estimate of drug-likeness (QED) is 0.758. The third-order valence-corrected chi connectivity index (χ3v) is 6.28. The molecule has 0 saturated carbocycles. The number of allylic oxidation sites excluding steroid dienone is 1. The summed E-state index contributed by atoms with van der Waals surface area (Å²) < 4.78 is -0.203. The van der Waals surface area contributed by atoms with Gasteiger partial charge in [0, 0.05) is 6.61 Å². The first-order chi connectivity index (χ1) is 8.02. The first kappa shape index (κ1) is 15.4. The number of thioether (sulfide) groups is 2. The summed E-state index contributed by atoms with van der Waals surface area (Å²) in [7, 11) is 0. The molecule has 2 atom stereocenters. The van der Waals surface area contributed by atoms with E-state index in [1.807, 2.05) is 30.4 Å². The summed E-state index contributed by atoms with van der Waals surface area (Å²) in [5.74, 6) is 2.35. The number of hydrogen-bond donors (Lipinski definition) is 2. The van der Waals surface area contributed by atoms with Crippen LogP contribution in [0.25, 0.3) is 0 Å². The van der Waals surface area contributed by atoms with Crippen molar-refractivity contribution < 1.29 is 10.2 Å². The molecule has 4 heteroatoms. The number of hydrogen-bond acceptors (Lipinski definition) is 4. The van der Waals surface area contributed by atoms with Gasteiger partial charge < -0.3 is 10.2 Å². The smallest absolute Gasteiger partial charge is 0.105 e. The highest BCUT2D eigenvalue weighted by molar-refractivity contribution is 8.19. The van der Waals surface area contributed by atoms with E-state index in [1.54, 1.807) is 0 Å². The Labute approximate surface area is 113 Å². The van der Waals surface area contributed by atoms with Gasteiger partial charge in [0.1, 0.15) is 4.08 Å². The van der Waals surface area contributed by atoms with Gasteiger partial charge in [-0.25, -0.2) is 0 Å². The van der Waals surface area contributed by atoms with Gasteiger partial charge in [-0.15, -0.1) is 23.5 Å². The highest BCUT2D eigenvalue weighted by atomic mass is 32.2. The van der Waals surface area contributed by atoms with Crippen LogP contribution in [0.2, 0.25) is 0 Å². The predicted octanol–water partition coefficient (Wildman–Crippen LogP) is 2.90. The van der Waals surface area contributed by atoms with E-state index in [2.05, 4.69) is 19.9 Å². The molecule has 1 saturated heterocycles. The molecule has 0 amide bonds. The van der Waals surface area contributed by atoms with Gasteiger partial charge in [-0.3, -0.25) is 0 Å². The summed E-state index contributed by atoms with van der Waals surface area (Å²) in [6.45, 7) is 6.34. The highest BCUT2D eigenvalue weighted by Crippen LogP contribution is 2.48. The van der Waals surface area contributed by atoms with Crippen molar-refractivity contribution in [2.24, 2.45) is 5.92 Å². The third kappa shape index (κ3) is 4.19. The van der Waals surface area contributed by atoms with E-state index in [0.717, 1.165) is 11.5 Å². The van der Waals surface area contributed by atoms with Crippen LogP contribution in [0.3, 0.4) is 0 Å². The summed E-state index contributed by atoms with van der Waals surface area (Å²) in [6.07, 6.45) is 3.70. The topological polar surface area (TPSA) is 40.5 Å². The van der Waals surface area contributed by atoms with Crippen LogP contribution >= 0.6 is 23.5 Å². The Bertz CT molecular complexity index is 256. The maximum Gasteiger partial charge on any atom is 0.105 e. The molecule has 0 bridgehead atoms. The van der Waals surface area contributed by atoms with E-state index >= 15 is 0 Å². The van der Waals surface area contributed by atoms with Crippen LogP contribution < -0.4 is 0 Å². The molecule has 1 aliphatic rings. The average molecular weight is 276 g/mol. The lowest BCUT2D eigenvalue weighted by molar-refractivity contribution is 0.0978. The largest absolute Gasteiger partial charge is 0.396 e. The zero-order valence-corrected chi connectivity index (χ0v) is 12.6. The lowest BCUT2D eigenvalue weighted by Crippen LogP contribution is -2.41. The monoisotopic (exact) mass is 276 g/mol. The van der Waals surface area contributed by atoms with Crippen LogP contribution in [0.15, 0.2) is 11.6 Å². The van der Waals surface area contributed by atoms with Gasteiger partial charge in [-0.1, -0.05) is 18.6 Å². The Hall–Kier alpha value is 0.360. The summed E-state index contributed by atoms with van der Waals surface area (Å²) >= 11 is 3.71. The number of rotatable bonds is 5. The van der Waals surface area contributed by atoms with Gasteiger partial charge in [0.15, 0.2) is 0 Å². The molecule has 1 aliphatic heterocycles. The second kappa shape index (κ2) is 7.07. The maximum absolute atomic E-state index is 10.6. The normalized spacial score (nSPS) is 22.9. The fourth-order valence-electron chi connectivity index (χ4n) is 2.06. The van der Waals surface area contributed by atoms with Crippen LogP contribution in [0.1, 0.15) is 33.6 Å². The third-order valence-electron chi connectivity index (χ3n) is 2.97. The zero-order valence-electron chi connectivity index (χ0n) is 11.0. The van der Waals surface area contributed by atoms with E-state index in [0.29, 0.717) is 6.42 Å². The minimum absolute atomic E-state index is 0.133. The molecule has 2 N–H and O–H groups in total. The first-order valence-corrected chi connectivity index (χ1v) is 8.22. The Morgan fingerprint density at radius 2 is 1.94 bits per heavy atom. The molecule has 0 aromatic carbocycles. The lowest BCUT2D eigenvalue weighted by Gasteiger charge is -2.40. The van der Waals surface area contributed by atoms with Gasteiger partial charge in [-0.2, -0.15) is 0 Å². The van der Waals surface area contributed by atoms with E-state index < -0.39 is 0 Å². The summed E-state index contributed by atoms with van der Waals surface area (Å²) in [5, 5.41) is 19.6. The molecular weight excluding hydrogens is 252 g/mol. The minimum Gasteiger partial charge on any atom is -0.396 e. The van der Waals surface area contributed by atoms with Crippen molar-refractivity contribution >= 4 is 23.5 Å². The minimum atomic E-state index is -0.389. The van der Waals surface area contributed by atoms with Crippen molar-refractivity contribution in [3.8, 4) is 0 Å². The van der Waals surface area contributed by atoms with Crippen LogP contribution in [-0.4, -0.2) is 38.5 Å². The average Bonchev–Trinajstić information content (AvgIpc) is 2.28. The number of aliphatic hydroxyl groups excluding tert-OH is 2. The lowest BCUT2D eigenvalue weighted by atomic mass is 9.97. The molecule has 100 valence electrons. The second-order valence-corrected chi connectivity index (χ2v) is 7.93. The van der Waals surface area contributed by atoms with Crippen LogP contribution in [-0.2, 0) is 0 Å². The first-order valence-electron chi connectivity index (χ1n) is 6.24. The fraction of sp³-hybridized carbons (Fsp3) is 0.846. The molecule has 0 spiro atoms. The SMILES string of the molecule is CC(C)=CC1(C(O)C(C)CCO)SCCCS1. The van der Waals surface area contributed by atoms with Crippen molar-refractivity contribution in [2.75, 3.05) is 18.1 Å². The molecule has 1 heterocycles. The molecule has 0 aromatic heterocycles. The predicted molar refractivity (Wildman–Crippen MR) is 78.6 cm³/mol. The van der Waals surface area contributed by atoms with Crippen molar-refractivity contribution in [1.29, 1.82) is 0 Å². The van der Waals surface area contributed by atoms with Crippen molar-refractivity contribution in [3.05, 3.63) is 11.6 Å². The van der Waals surface area contributed by atoms with Crippen LogP contribution in [0.5, 0.6) is 0 Å². The Morgan fingerprint density at radius 3 is 2.41 bits per heavy atom. The molecule has 1 rings (SSSR count).